The van der Waals surface area contributed by atoms with Crippen LogP contribution in [0.4, 0.5) is 0 Å². The van der Waals surface area contributed by atoms with E-state index in [0.717, 1.165) is 18.6 Å². The summed E-state index contributed by atoms with van der Waals surface area (Å²) in [5.74, 6) is 0.824. The molecule has 0 amide bonds. The molecule has 1 fully saturated rings. The molecule has 0 radical (unpaired) electrons. The standard InChI is InChI=1S/C11H14N4OS/c1-14-9-8(4-13-14)10(16)15(7-12-9)5-11(6-17)2-3-11/h4,7,17H,2-3,5-6H2,1H3. The topological polar surface area (TPSA) is 52.7 Å². The average Bonchev–Trinajstić information content (AvgIpc) is 3.01. The Labute approximate surface area is 104 Å². The van der Waals surface area contributed by atoms with Gasteiger partial charge in [-0.2, -0.15) is 17.7 Å². The fourth-order valence-electron chi connectivity index (χ4n) is 2.08. The van der Waals surface area contributed by atoms with Gasteiger partial charge in [0.2, 0.25) is 0 Å². The number of nitrogens with zero attached hydrogens (tertiary/aromatic N) is 4. The molecule has 6 heteroatoms. The summed E-state index contributed by atoms with van der Waals surface area (Å²) in [6.45, 7) is 0.715. The van der Waals surface area contributed by atoms with Gasteiger partial charge in [-0.15, -0.1) is 0 Å². The Bertz CT molecular complexity index is 626. The van der Waals surface area contributed by atoms with E-state index in [4.69, 9.17) is 0 Å². The van der Waals surface area contributed by atoms with Crippen LogP contribution in [0, 0.1) is 5.41 Å². The second-order valence-corrected chi connectivity index (χ2v) is 5.16. The summed E-state index contributed by atoms with van der Waals surface area (Å²) >= 11 is 4.35. The molecule has 17 heavy (non-hydrogen) atoms. The maximum Gasteiger partial charge on any atom is 0.264 e. The number of rotatable bonds is 3. The number of aryl methyl sites for hydroxylation is 1. The van der Waals surface area contributed by atoms with Crippen molar-refractivity contribution in [1.29, 1.82) is 0 Å². The second kappa shape index (κ2) is 3.60. The van der Waals surface area contributed by atoms with Gasteiger partial charge >= 0.3 is 0 Å². The average molecular weight is 250 g/mol. The van der Waals surface area contributed by atoms with Crippen LogP contribution in [0.2, 0.25) is 0 Å². The largest absolute Gasteiger partial charge is 0.298 e. The van der Waals surface area contributed by atoms with E-state index in [-0.39, 0.29) is 11.0 Å². The molecular formula is C11H14N4OS. The molecular weight excluding hydrogens is 236 g/mol. The van der Waals surface area contributed by atoms with Crippen molar-refractivity contribution in [3.63, 3.8) is 0 Å². The summed E-state index contributed by atoms with van der Waals surface area (Å²) in [5, 5.41) is 4.64. The molecule has 2 heterocycles. The van der Waals surface area contributed by atoms with Crippen LogP contribution in [0.1, 0.15) is 12.8 Å². The van der Waals surface area contributed by atoms with Crippen molar-refractivity contribution in [2.24, 2.45) is 12.5 Å². The van der Waals surface area contributed by atoms with E-state index in [1.54, 1.807) is 28.8 Å². The van der Waals surface area contributed by atoms with Gasteiger partial charge in [0.25, 0.3) is 5.56 Å². The monoisotopic (exact) mass is 250 g/mol. The quantitative estimate of drug-likeness (QED) is 0.821. The predicted molar refractivity (Wildman–Crippen MR) is 68.3 cm³/mol. The summed E-state index contributed by atoms with van der Waals surface area (Å²) in [5.41, 5.74) is 0.850. The fourth-order valence-corrected chi connectivity index (χ4v) is 2.50. The molecule has 0 saturated heterocycles. The normalized spacial score (nSPS) is 17.5. The fraction of sp³-hybridized carbons (Fsp3) is 0.545. The number of fused-ring (bicyclic) bond motifs is 1. The van der Waals surface area contributed by atoms with Gasteiger partial charge in [0.15, 0.2) is 5.65 Å². The van der Waals surface area contributed by atoms with Gasteiger partial charge in [0.1, 0.15) is 5.39 Å². The first-order chi connectivity index (χ1) is 8.15. The third-order valence-electron chi connectivity index (χ3n) is 3.52. The first-order valence-corrected chi connectivity index (χ1v) is 6.26. The Balaban J connectivity index is 2.06. The molecule has 3 rings (SSSR count). The molecule has 1 saturated carbocycles. The van der Waals surface area contributed by atoms with Crippen molar-refractivity contribution >= 4 is 23.7 Å². The molecule has 0 aromatic carbocycles. The molecule has 0 aliphatic heterocycles. The highest BCUT2D eigenvalue weighted by molar-refractivity contribution is 7.80. The maximum atomic E-state index is 12.2. The molecule has 5 nitrogen and oxygen atoms in total. The van der Waals surface area contributed by atoms with E-state index in [2.05, 4.69) is 22.7 Å². The first kappa shape index (κ1) is 10.8. The van der Waals surface area contributed by atoms with E-state index < -0.39 is 0 Å². The maximum absolute atomic E-state index is 12.2. The second-order valence-electron chi connectivity index (χ2n) is 4.84. The van der Waals surface area contributed by atoms with Gasteiger partial charge in [-0.25, -0.2) is 4.98 Å². The lowest BCUT2D eigenvalue weighted by atomic mass is 10.1. The summed E-state index contributed by atoms with van der Waals surface area (Å²) in [6, 6.07) is 0. The molecule has 0 N–H and O–H groups in total. The van der Waals surface area contributed by atoms with Gasteiger partial charge < -0.3 is 0 Å². The first-order valence-electron chi connectivity index (χ1n) is 5.63. The SMILES string of the molecule is Cn1ncc2c(=O)n(CC3(CS)CC3)cnc21. The molecule has 0 atom stereocenters. The highest BCUT2D eigenvalue weighted by atomic mass is 32.1. The van der Waals surface area contributed by atoms with Gasteiger partial charge in [-0.3, -0.25) is 14.0 Å². The minimum Gasteiger partial charge on any atom is -0.298 e. The van der Waals surface area contributed by atoms with Crippen LogP contribution in [0.3, 0.4) is 0 Å². The van der Waals surface area contributed by atoms with Crippen LogP contribution in [0.5, 0.6) is 0 Å². The Morgan fingerprint density at radius 2 is 2.29 bits per heavy atom. The van der Waals surface area contributed by atoms with Crippen molar-refractivity contribution in [2.75, 3.05) is 5.75 Å². The highest BCUT2D eigenvalue weighted by Gasteiger charge is 2.41. The smallest absolute Gasteiger partial charge is 0.264 e. The number of hydrogen-bond acceptors (Lipinski definition) is 4. The molecule has 2 aromatic rings. The Hall–Kier alpha value is -1.30. The van der Waals surface area contributed by atoms with Crippen LogP contribution in [0.15, 0.2) is 17.3 Å². The zero-order chi connectivity index (χ0) is 12.0. The predicted octanol–water partition coefficient (Wildman–Crippen LogP) is 0.840. The molecule has 90 valence electrons. The van der Waals surface area contributed by atoms with Crippen LogP contribution < -0.4 is 5.56 Å². The van der Waals surface area contributed by atoms with Crippen LogP contribution in [-0.4, -0.2) is 25.1 Å². The Kier molecular flexibility index (Phi) is 2.29. The number of thiol groups is 1. The lowest BCUT2D eigenvalue weighted by Gasteiger charge is -2.13. The van der Waals surface area contributed by atoms with Crippen molar-refractivity contribution in [2.45, 2.75) is 19.4 Å². The Morgan fingerprint density at radius 1 is 1.53 bits per heavy atom. The van der Waals surface area contributed by atoms with Crippen molar-refractivity contribution in [3.05, 3.63) is 22.9 Å². The van der Waals surface area contributed by atoms with Gasteiger partial charge in [0, 0.05) is 13.6 Å². The zero-order valence-corrected chi connectivity index (χ0v) is 10.5. The van der Waals surface area contributed by atoms with E-state index in [1.807, 2.05) is 0 Å². The van der Waals surface area contributed by atoms with Gasteiger partial charge in [-0.05, 0) is 24.0 Å². The van der Waals surface area contributed by atoms with E-state index in [9.17, 15) is 4.79 Å². The van der Waals surface area contributed by atoms with Gasteiger partial charge in [0.05, 0.1) is 12.5 Å². The van der Waals surface area contributed by atoms with Crippen molar-refractivity contribution < 1.29 is 0 Å². The number of hydrogen-bond donors (Lipinski definition) is 1. The lowest BCUT2D eigenvalue weighted by molar-refractivity contribution is 0.461. The van der Waals surface area contributed by atoms with Crippen molar-refractivity contribution in [3.8, 4) is 0 Å². The summed E-state index contributed by atoms with van der Waals surface area (Å²) in [4.78, 5) is 16.5. The van der Waals surface area contributed by atoms with E-state index in [1.165, 1.54) is 0 Å². The third-order valence-corrected chi connectivity index (χ3v) is 4.19. The van der Waals surface area contributed by atoms with E-state index in [0.29, 0.717) is 17.6 Å². The van der Waals surface area contributed by atoms with Crippen LogP contribution in [-0.2, 0) is 13.6 Å². The van der Waals surface area contributed by atoms with Gasteiger partial charge in [-0.1, -0.05) is 0 Å². The van der Waals surface area contributed by atoms with E-state index >= 15 is 0 Å². The molecule has 2 aromatic heterocycles. The number of aromatic nitrogens is 4. The molecule has 1 aliphatic carbocycles. The molecule has 0 unspecified atom stereocenters. The zero-order valence-electron chi connectivity index (χ0n) is 9.63. The van der Waals surface area contributed by atoms with Crippen molar-refractivity contribution in [1.82, 2.24) is 19.3 Å². The summed E-state index contributed by atoms with van der Waals surface area (Å²) in [7, 11) is 1.79. The summed E-state index contributed by atoms with van der Waals surface area (Å²) in [6.07, 6.45) is 5.50. The molecule has 0 spiro atoms. The Morgan fingerprint density at radius 3 is 2.94 bits per heavy atom. The van der Waals surface area contributed by atoms with Crippen LogP contribution >= 0.6 is 12.6 Å². The third kappa shape index (κ3) is 1.67. The lowest BCUT2D eigenvalue weighted by Crippen LogP contribution is -2.25. The molecule has 1 aliphatic rings. The minimum atomic E-state index is -0.00356. The highest BCUT2D eigenvalue weighted by Crippen LogP contribution is 2.47. The summed E-state index contributed by atoms with van der Waals surface area (Å²) < 4.78 is 3.31. The molecule has 0 bridgehead atoms. The van der Waals surface area contributed by atoms with Crippen LogP contribution in [0.25, 0.3) is 11.0 Å². The minimum absolute atomic E-state index is 0.00356.